The van der Waals surface area contributed by atoms with Gasteiger partial charge in [0.1, 0.15) is 18.1 Å². The van der Waals surface area contributed by atoms with Crippen LogP contribution in [0.2, 0.25) is 0 Å². The molecule has 2 rings (SSSR count). The molecule has 0 fully saturated rings. The van der Waals surface area contributed by atoms with Crippen molar-refractivity contribution in [3.63, 3.8) is 0 Å². The molecule has 0 heterocycles. The number of ether oxygens (including phenoxy) is 2. The van der Waals surface area contributed by atoms with Crippen molar-refractivity contribution >= 4 is 23.5 Å². The standard InChI is InChI=1S/C24H28N2O5/c1-2-26-11-4-3-8-23(28)19-9-10-20(16-25)22(15-19)18-6-5-7-21(14-18)31-17-24(29)30-13-12-27/h2-7,9-11,14,19,27H,1,8,12-13,15-17,25H2/b4-3+,26-11?. The number of Topliss-reactive ketones (excluding diaryl/α,β-unsaturated/α-hetero) is 1. The Morgan fingerprint density at radius 1 is 1.35 bits per heavy atom. The molecule has 1 aliphatic rings. The predicted octanol–water partition coefficient (Wildman–Crippen LogP) is 2.62. The normalized spacial score (nSPS) is 16.1. The van der Waals surface area contributed by atoms with Crippen LogP contribution < -0.4 is 10.5 Å². The summed E-state index contributed by atoms with van der Waals surface area (Å²) in [5.74, 6) is -0.195. The summed E-state index contributed by atoms with van der Waals surface area (Å²) in [4.78, 5) is 28.0. The zero-order valence-corrected chi connectivity index (χ0v) is 17.4. The molecule has 0 saturated heterocycles. The molecule has 164 valence electrons. The van der Waals surface area contributed by atoms with Crippen LogP contribution in [0.1, 0.15) is 18.4 Å². The lowest BCUT2D eigenvalue weighted by Crippen LogP contribution is -2.18. The van der Waals surface area contributed by atoms with Crippen molar-refractivity contribution in [1.82, 2.24) is 0 Å². The van der Waals surface area contributed by atoms with E-state index in [1.807, 2.05) is 30.4 Å². The van der Waals surface area contributed by atoms with Crippen LogP contribution in [0, 0.1) is 5.92 Å². The Kier molecular flexibility index (Phi) is 10.1. The van der Waals surface area contributed by atoms with Gasteiger partial charge < -0.3 is 20.3 Å². The van der Waals surface area contributed by atoms with Gasteiger partial charge in [-0.25, -0.2) is 4.79 Å². The fourth-order valence-corrected chi connectivity index (χ4v) is 3.09. The van der Waals surface area contributed by atoms with Crippen LogP contribution in [0.3, 0.4) is 0 Å². The summed E-state index contributed by atoms with van der Waals surface area (Å²) < 4.78 is 10.3. The first kappa shape index (κ1) is 24.0. The first-order valence-electron chi connectivity index (χ1n) is 10.0. The number of ketones is 1. The predicted molar refractivity (Wildman–Crippen MR) is 121 cm³/mol. The molecular weight excluding hydrogens is 396 g/mol. The van der Waals surface area contributed by atoms with E-state index in [4.69, 9.17) is 20.3 Å². The molecule has 1 aromatic rings. The van der Waals surface area contributed by atoms with Crippen LogP contribution in [0.15, 0.2) is 71.9 Å². The van der Waals surface area contributed by atoms with Gasteiger partial charge in [-0.1, -0.05) is 36.9 Å². The van der Waals surface area contributed by atoms with Crippen molar-refractivity contribution in [2.45, 2.75) is 12.8 Å². The van der Waals surface area contributed by atoms with Crippen molar-refractivity contribution in [2.24, 2.45) is 16.6 Å². The van der Waals surface area contributed by atoms with Gasteiger partial charge in [-0.05, 0) is 41.3 Å². The number of rotatable bonds is 12. The number of nitrogens with zero attached hydrogens (tertiary/aromatic N) is 1. The van der Waals surface area contributed by atoms with E-state index < -0.39 is 5.97 Å². The monoisotopic (exact) mass is 424 g/mol. The molecule has 0 spiro atoms. The van der Waals surface area contributed by atoms with Crippen molar-refractivity contribution in [2.75, 3.05) is 26.4 Å². The van der Waals surface area contributed by atoms with Gasteiger partial charge in [0.15, 0.2) is 6.61 Å². The molecule has 1 aliphatic carbocycles. The fraction of sp³-hybridized carbons (Fsp3) is 0.292. The molecule has 7 nitrogen and oxygen atoms in total. The molecule has 0 aromatic heterocycles. The Bertz CT molecular complexity index is 899. The number of hydrogen-bond acceptors (Lipinski definition) is 7. The lowest BCUT2D eigenvalue weighted by atomic mass is 9.83. The highest BCUT2D eigenvalue weighted by Crippen LogP contribution is 2.33. The zero-order chi connectivity index (χ0) is 22.5. The number of nitrogens with two attached hydrogens (primary N) is 1. The van der Waals surface area contributed by atoms with Crippen molar-refractivity contribution in [3.05, 3.63) is 72.5 Å². The average molecular weight is 424 g/mol. The third-order valence-electron chi connectivity index (χ3n) is 4.60. The number of hydrogen-bond donors (Lipinski definition) is 2. The summed E-state index contributed by atoms with van der Waals surface area (Å²) >= 11 is 0. The van der Waals surface area contributed by atoms with E-state index in [9.17, 15) is 9.59 Å². The van der Waals surface area contributed by atoms with Crippen LogP contribution in [0.25, 0.3) is 5.57 Å². The van der Waals surface area contributed by atoms with Crippen LogP contribution >= 0.6 is 0 Å². The summed E-state index contributed by atoms with van der Waals surface area (Å²) in [6.45, 7) is 3.29. The molecule has 31 heavy (non-hydrogen) atoms. The van der Waals surface area contributed by atoms with E-state index in [0.29, 0.717) is 25.1 Å². The topological polar surface area (TPSA) is 111 Å². The highest BCUT2D eigenvalue weighted by atomic mass is 16.6. The molecular formula is C24H28N2O5. The maximum atomic E-state index is 12.6. The second-order valence-corrected chi connectivity index (χ2v) is 6.72. The van der Waals surface area contributed by atoms with E-state index in [0.717, 1.165) is 16.7 Å². The second-order valence-electron chi connectivity index (χ2n) is 6.72. The lowest BCUT2D eigenvalue weighted by Gasteiger charge is -2.22. The van der Waals surface area contributed by atoms with Gasteiger partial charge in [0.25, 0.3) is 0 Å². The summed E-state index contributed by atoms with van der Waals surface area (Å²) in [5, 5.41) is 8.70. The molecule has 7 heteroatoms. The number of carbonyl (C=O) groups excluding carboxylic acids is 2. The number of benzene rings is 1. The molecule has 0 saturated carbocycles. The fourth-order valence-electron chi connectivity index (χ4n) is 3.09. The van der Waals surface area contributed by atoms with Crippen LogP contribution in [0.5, 0.6) is 5.75 Å². The Morgan fingerprint density at radius 3 is 2.94 bits per heavy atom. The van der Waals surface area contributed by atoms with Gasteiger partial charge in [0, 0.05) is 31.3 Å². The Balaban J connectivity index is 2.08. The molecule has 0 bridgehead atoms. The van der Waals surface area contributed by atoms with Crippen molar-refractivity contribution in [1.29, 1.82) is 0 Å². The Labute approximate surface area is 182 Å². The maximum absolute atomic E-state index is 12.6. The van der Waals surface area contributed by atoms with Gasteiger partial charge in [-0.15, -0.1) is 0 Å². The third kappa shape index (κ3) is 7.81. The number of aliphatic hydroxyl groups excluding tert-OH is 1. The number of carbonyl (C=O) groups is 2. The van der Waals surface area contributed by atoms with Crippen LogP contribution in [0.4, 0.5) is 0 Å². The third-order valence-corrected chi connectivity index (χ3v) is 4.60. The highest BCUT2D eigenvalue weighted by molar-refractivity contribution is 5.88. The SMILES string of the molecule is C=CN=C/C=C/CC(=O)C1C=CC(CN)=C(c2cccc(OCC(=O)OCCO)c2)C1. The minimum absolute atomic E-state index is 0.0625. The molecule has 3 N–H and O–H groups in total. The number of esters is 1. The van der Waals surface area contributed by atoms with Gasteiger partial charge in [-0.2, -0.15) is 0 Å². The van der Waals surface area contributed by atoms with Gasteiger partial charge in [-0.3, -0.25) is 9.79 Å². The highest BCUT2D eigenvalue weighted by Gasteiger charge is 2.22. The first-order valence-corrected chi connectivity index (χ1v) is 10.0. The van der Waals surface area contributed by atoms with Crippen LogP contribution in [-0.2, 0) is 14.3 Å². The summed E-state index contributed by atoms with van der Waals surface area (Å²) in [7, 11) is 0. The number of aliphatic imine (C=N–C) groups is 1. The minimum Gasteiger partial charge on any atom is -0.482 e. The molecule has 0 radical (unpaired) electrons. The molecule has 1 unspecified atom stereocenters. The lowest BCUT2D eigenvalue weighted by molar-refractivity contribution is -0.147. The van der Waals surface area contributed by atoms with E-state index in [1.54, 1.807) is 24.4 Å². The van der Waals surface area contributed by atoms with Crippen molar-refractivity contribution in [3.8, 4) is 5.75 Å². The Hall–Kier alpha value is -3.29. The largest absolute Gasteiger partial charge is 0.482 e. The van der Waals surface area contributed by atoms with E-state index in [-0.39, 0.29) is 31.5 Å². The summed E-state index contributed by atoms with van der Waals surface area (Å²) in [6, 6.07) is 7.30. The average Bonchev–Trinajstić information content (AvgIpc) is 2.80. The summed E-state index contributed by atoms with van der Waals surface area (Å²) in [6.07, 6.45) is 11.2. The minimum atomic E-state index is -0.557. The van der Waals surface area contributed by atoms with Gasteiger partial charge in [0.05, 0.1) is 6.61 Å². The zero-order valence-electron chi connectivity index (χ0n) is 17.4. The van der Waals surface area contributed by atoms with E-state index in [1.165, 1.54) is 6.20 Å². The second kappa shape index (κ2) is 13.1. The molecule has 1 aromatic carbocycles. The van der Waals surface area contributed by atoms with Crippen molar-refractivity contribution < 1.29 is 24.2 Å². The number of allylic oxidation sites excluding steroid dienone is 4. The summed E-state index contributed by atoms with van der Waals surface area (Å²) in [5.41, 5.74) is 8.74. The first-order chi connectivity index (χ1) is 15.1. The smallest absolute Gasteiger partial charge is 0.344 e. The molecule has 1 atom stereocenters. The Morgan fingerprint density at radius 2 is 2.19 bits per heavy atom. The maximum Gasteiger partial charge on any atom is 0.344 e. The molecule has 0 amide bonds. The van der Waals surface area contributed by atoms with E-state index in [2.05, 4.69) is 11.6 Å². The van der Waals surface area contributed by atoms with Gasteiger partial charge >= 0.3 is 5.97 Å². The number of aliphatic hydroxyl groups is 1. The van der Waals surface area contributed by atoms with E-state index >= 15 is 0 Å². The quantitative estimate of drug-likeness (QED) is 0.394. The van der Waals surface area contributed by atoms with Gasteiger partial charge in [0.2, 0.25) is 0 Å². The molecule has 0 aliphatic heterocycles. The van der Waals surface area contributed by atoms with Crippen LogP contribution in [-0.4, -0.2) is 49.4 Å².